The van der Waals surface area contributed by atoms with Crippen LogP contribution in [0.15, 0.2) is 0 Å². The van der Waals surface area contributed by atoms with E-state index in [2.05, 4.69) is 0 Å². The molecule has 1 unspecified atom stereocenters. The summed E-state index contributed by atoms with van der Waals surface area (Å²) in [6.07, 6.45) is 0.732. The molecule has 0 saturated carbocycles. The molecule has 0 aliphatic carbocycles. The third kappa shape index (κ3) is 1.90. The van der Waals surface area contributed by atoms with Gasteiger partial charge in [0.1, 0.15) is 10.4 Å². The highest BCUT2D eigenvalue weighted by Gasteiger charge is 2.27. The van der Waals surface area contributed by atoms with Gasteiger partial charge < -0.3 is 10.6 Å². The van der Waals surface area contributed by atoms with Crippen LogP contribution >= 0.6 is 24.0 Å². The molecule has 0 radical (unpaired) electrons. The van der Waals surface area contributed by atoms with Gasteiger partial charge in [0.05, 0.1) is 0 Å². The van der Waals surface area contributed by atoms with E-state index in [1.54, 1.807) is 11.8 Å². The van der Waals surface area contributed by atoms with E-state index < -0.39 is 0 Å². The summed E-state index contributed by atoms with van der Waals surface area (Å²) in [5, 5.41) is 0. The molecule has 12 heavy (non-hydrogen) atoms. The highest BCUT2D eigenvalue weighted by molar-refractivity contribution is 8.23. The first-order chi connectivity index (χ1) is 5.66. The lowest BCUT2D eigenvalue weighted by Gasteiger charge is -2.24. The van der Waals surface area contributed by atoms with Gasteiger partial charge in [-0.3, -0.25) is 4.79 Å². The van der Waals surface area contributed by atoms with E-state index in [9.17, 15) is 4.79 Å². The molecule has 1 amide bonds. The zero-order valence-corrected chi connectivity index (χ0v) is 8.58. The fraction of sp³-hybridized carbons (Fsp3) is 0.714. The molecule has 3 nitrogen and oxygen atoms in total. The summed E-state index contributed by atoms with van der Waals surface area (Å²) in [4.78, 5) is 12.9. The van der Waals surface area contributed by atoms with Gasteiger partial charge in [0.2, 0.25) is 5.91 Å². The van der Waals surface area contributed by atoms with Gasteiger partial charge in [-0.15, -0.1) is 0 Å². The maximum atomic E-state index is 11.0. The zero-order chi connectivity index (χ0) is 9.14. The topological polar surface area (TPSA) is 46.3 Å². The van der Waals surface area contributed by atoms with Crippen molar-refractivity contribution in [2.75, 3.05) is 12.3 Å². The average Bonchev–Trinajstić information content (AvgIpc) is 2.38. The second kappa shape index (κ2) is 4.09. The zero-order valence-electron chi connectivity index (χ0n) is 6.95. The summed E-state index contributed by atoms with van der Waals surface area (Å²) in [5.74, 6) is 0.699. The lowest BCUT2D eigenvalue weighted by molar-refractivity contribution is -0.121. The van der Waals surface area contributed by atoms with Crippen molar-refractivity contribution in [3.05, 3.63) is 0 Å². The first kappa shape index (κ1) is 9.80. The fourth-order valence-corrected chi connectivity index (χ4v) is 2.58. The SMILES string of the molecule is CCC(C(N)=O)N1CCSC1=S. The van der Waals surface area contributed by atoms with E-state index in [4.69, 9.17) is 18.0 Å². The maximum absolute atomic E-state index is 11.0. The number of rotatable bonds is 3. The molecule has 1 rings (SSSR count). The molecular formula is C7H12N2OS2. The van der Waals surface area contributed by atoms with Crippen LogP contribution in [0.5, 0.6) is 0 Å². The second-order valence-corrected chi connectivity index (χ2v) is 4.36. The number of hydrogen-bond acceptors (Lipinski definition) is 3. The van der Waals surface area contributed by atoms with E-state index >= 15 is 0 Å². The molecule has 0 spiro atoms. The summed E-state index contributed by atoms with van der Waals surface area (Å²) >= 11 is 6.70. The van der Waals surface area contributed by atoms with Gasteiger partial charge in [-0.05, 0) is 6.42 Å². The van der Waals surface area contributed by atoms with Crippen LogP contribution in [0.4, 0.5) is 0 Å². The Hall–Kier alpha value is -0.290. The normalized spacial score (nSPS) is 19.8. The molecule has 1 heterocycles. The van der Waals surface area contributed by atoms with Crippen LogP contribution in [-0.2, 0) is 4.79 Å². The van der Waals surface area contributed by atoms with Crippen molar-refractivity contribution in [2.45, 2.75) is 19.4 Å². The van der Waals surface area contributed by atoms with Crippen molar-refractivity contribution >= 4 is 34.2 Å². The van der Waals surface area contributed by atoms with Crippen LogP contribution in [-0.4, -0.2) is 33.5 Å². The third-order valence-electron chi connectivity index (χ3n) is 1.88. The first-order valence-electron chi connectivity index (χ1n) is 3.89. The number of amides is 1. The highest BCUT2D eigenvalue weighted by Crippen LogP contribution is 2.21. The lowest BCUT2D eigenvalue weighted by atomic mass is 10.2. The predicted octanol–water partition coefficient (Wildman–Crippen LogP) is 0.584. The number of thioether (sulfide) groups is 1. The van der Waals surface area contributed by atoms with Gasteiger partial charge in [0.15, 0.2) is 0 Å². The Morgan fingerprint density at radius 1 is 1.92 bits per heavy atom. The number of primary amides is 1. The molecule has 1 aliphatic rings. The van der Waals surface area contributed by atoms with Crippen LogP contribution in [0, 0.1) is 0 Å². The Morgan fingerprint density at radius 3 is 2.92 bits per heavy atom. The minimum absolute atomic E-state index is 0.201. The Labute approximate surface area is 81.7 Å². The molecule has 1 saturated heterocycles. The maximum Gasteiger partial charge on any atom is 0.240 e. The first-order valence-corrected chi connectivity index (χ1v) is 5.29. The van der Waals surface area contributed by atoms with E-state index in [0.717, 1.165) is 23.0 Å². The molecule has 0 aromatic rings. The van der Waals surface area contributed by atoms with E-state index in [1.807, 2.05) is 11.8 Å². The standard InChI is InChI=1S/C7H12N2OS2/c1-2-5(6(8)10)9-3-4-12-7(9)11/h5H,2-4H2,1H3,(H2,8,10). The van der Waals surface area contributed by atoms with Crippen molar-refractivity contribution in [2.24, 2.45) is 5.73 Å². The lowest BCUT2D eigenvalue weighted by Crippen LogP contribution is -2.44. The molecule has 1 aliphatic heterocycles. The molecule has 68 valence electrons. The van der Waals surface area contributed by atoms with Crippen LogP contribution in [0.1, 0.15) is 13.3 Å². The minimum Gasteiger partial charge on any atom is -0.368 e. The highest BCUT2D eigenvalue weighted by atomic mass is 32.2. The third-order valence-corrected chi connectivity index (χ3v) is 3.34. The molecule has 1 fully saturated rings. The van der Waals surface area contributed by atoms with Gasteiger partial charge in [0, 0.05) is 12.3 Å². The fourth-order valence-electron chi connectivity index (χ4n) is 1.26. The molecule has 1 atom stereocenters. The van der Waals surface area contributed by atoms with Crippen LogP contribution < -0.4 is 5.73 Å². The van der Waals surface area contributed by atoms with Crippen molar-refractivity contribution in [1.29, 1.82) is 0 Å². The van der Waals surface area contributed by atoms with E-state index in [-0.39, 0.29) is 11.9 Å². The molecule has 5 heteroatoms. The Bertz CT molecular complexity index is 208. The number of carbonyl (C=O) groups is 1. The molecule has 0 aromatic carbocycles. The molecular weight excluding hydrogens is 192 g/mol. The van der Waals surface area contributed by atoms with Crippen molar-refractivity contribution in [3.63, 3.8) is 0 Å². The number of carbonyl (C=O) groups excluding carboxylic acids is 1. The van der Waals surface area contributed by atoms with Crippen LogP contribution in [0.3, 0.4) is 0 Å². The Morgan fingerprint density at radius 2 is 2.58 bits per heavy atom. The Balaban J connectivity index is 2.65. The van der Waals surface area contributed by atoms with Crippen molar-refractivity contribution < 1.29 is 4.79 Å². The van der Waals surface area contributed by atoms with Crippen molar-refractivity contribution in [3.8, 4) is 0 Å². The number of thiocarbonyl (C=S) groups is 1. The summed E-state index contributed by atoms with van der Waals surface area (Å²) in [6, 6.07) is -0.201. The molecule has 2 N–H and O–H groups in total. The number of nitrogens with two attached hydrogens (primary N) is 1. The number of hydrogen-bond donors (Lipinski definition) is 1. The molecule has 0 aromatic heterocycles. The van der Waals surface area contributed by atoms with Crippen molar-refractivity contribution in [1.82, 2.24) is 4.90 Å². The van der Waals surface area contributed by atoms with Gasteiger partial charge in [0.25, 0.3) is 0 Å². The summed E-state index contributed by atoms with van der Waals surface area (Å²) in [7, 11) is 0. The van der Waals surface area contributed by atoms with Gasteiger partial charge >= 0.3 is 0 Å². The monoisotopic (exact) mass is 204 g/mol. The van der Waals surface area contributed by atoms with E-state index in [0.29, 0.717) is 0 Å². The van der Waals surface area contributed by atoms with Gasteiger partial charge in [-0.2, -0.15) is 0 Å². The van der Waals surface area contributed by atoms with Crippen LogP contribution in [0.2, 0.25) is 0 Å². The van der Waals surface area contributed by atoms with Gasteiger partial charge in [-0.25, -0.2) is 0 Å². The quantitative estimate of drug-likeness (QED) is 0.683. The minimum atomic E-state index is -0.276. The van der Waals surface area contributed by atoms with E-state index in [1.165, 1.54) is 0 Å². The Kier molecular flexibility index (Phi) is 3.34. The average molecular weight is 204 g/mol. The summed E-state index contributed by atoms with van der Waals surface area (Å²) < 4.78 is 0.806. The smallest absolute Gasteiger partial charge is 0.240 e. The number of nitrogens with zero attached hydrogens (tertiary/aromatic N) is 1. The van der Waals surface area contributed by atoms with Crippen LogP contribution in [0.25, 0.3) is 0 Å². The predicted molar refractivity (Wildman–Crippen MR) is 55.0 cm³/mol. The second-order valence-electron chi connectivity index (χ2n) is 2.63. The molecule has 0 bridgehead atoms. The largest absolute Gasteiger partial charge is 0.368 e. The van der Waals surface area contributed by atoms with Gasteiger partial charge in [-0.1, -0.05) is 30.9 Å². The summed E-state index contributed by atoms with van der Waals surface area (Å²) in [6.45, 7) is 2.80. The summed E-state index contributed by atoms with van der Waals surface area (Å²) in [5.41, 5.74) is 5.24.